The van der Waals surface area contributed by atoms with Crippen LogP contribution in [0.1, 0.15) is 45.4 Å². The van der Waals surface area contributed by atoms with E-state index >= 15 is 0 Å². The molecule has 2 N–H and O–H groups in total. The third kappa shape index (κ3) is 5.79. The van der Waals surface area contributed by atoms with E-state index in [1.54, 1.807) is 11.8 Å². The lowest BCUT2D eigenvalue weighted by Crippen LogP contribution is -2.30. The number of aliphatic hydroxyl groups excluding tert-OH is 2. The van der Waals surface area contributed by atoms with E-state index in [1.807, 2.05) is 0 Å². The number of carbonyl (C=O) groups is 1. The summed E-state index contributed by atoms with van der Waals surface area (Å²) in [5, 5.41) is 19.7. The summed E-state index contributed by atoms with van der Waals surface area (Å²) in [6, 6.07) is 0. The van der Waals surface area contributed by atoms with Gasteiger partial charge in [0.1, 0.15) is 6.10 Å². The number of thioether (sulfide) groups is 1. The Morgan fingerprint density at radius 3 is 2.57 bits per heavy atom. The molecule has 21 heavy (non-hydrogen) atoms. The lowest BCUT2D eigenvalue weighted by Gasteiger charge is -2.16. The van der Waals surface area contributed by atoms with Crippen LogP contribution in [0.4, 0.5) is 0 Å². The zero-order valence-corrected chi connectivity index (χ0v) is 13.7. The fourth-order valence-electron chi connectivity index (χ4n) is 2.18. The highest BCUT2D eigenvalue weighted by Gasteiger charge is 2.39. The Morgan fingerprint density at radius 2 is 1.95 bits per heavy atom. The van der Waals surface area contributed by atoms with E-state index in [0.717, 1.165) is 12.2 Å². The zero-order chi connectivity index (χ0) is 15.7. The third-order valence-electron chi connectivity index (χ3n) is 3.41. The van der Waals surface area contributed by atoms with Gasteiger partial charge in [-0.1, -0.05) is 39.0 Å². The van der Waals surface area contributed by atoms with Crippen LogP contribution in [0, 0.1) is 0 Å². The molecule has 0 fully saturated rings. The van der Waals surface area contributed by atoms with Crippen molar-refractivity contribution >= 4 is 17.7 Å². The molecule has 0 aliphatic carbocycles. The summed E-state index contributed by atoms with van der Waals surface area (Å²) in [6.07, 6.45) is 5.53. The molecule has 0 bridgehead atoms. The van der Waals surface area contributed by atoms with Crippen molar-refractivity contribution < 1.29 is 24.5 Å². The quantitative estimate of drug-likeness (QED) is 0.451. The molecule has 0 saturated heterocycles. The molecule has 1 heterocycles. The van der Waals surface area contributed by atoms with Crippen LogP contribution in [0.25, 0.3) is 0 Å². The normalized spacial score (nSPS) is 19.8. The minimum absolute atomic E-state index is 0.208. The number of ether oxygens (including phenoxy) is 2. The predicted octanol–water partition coefficient (Wildman–Crippen LogP) is 2.78. The summed E-state index contributed by atoms with van der Waals surface area (Å²) in [4.78, 5) is 11.3. The van der Waals surface area contributed by atoms with Crippen molar-refractivity contribution in [3.8, 4) is 0 Å². The molecule has 0 amide bonds. The van der Waals surface area contributed by atoms with Gasteiger partial charge in [0, 0.05) is 5.75 Å². The molecule has 0 aromatic heterocycles. The van der Waals surface area contributed by atoms with Crippen molar-refractivity contribution in [1.82, 2.24) is 0 Å². The van der Waals surface area contributed by atoms with Crippen LogP contribution >= 0.6 is 11.8 Å². The Labute approximate surface area is 130 Å². The molecule has 0 radical (unpaired) electrons. The molecule has 0 aromatic rings. The van der Waals surface area contributed by atoms with Crippen molar-refractivity contribution in [3.63, 3.8) is 0 Å². The number of aliphatic hydroxyl groups is 2. The predicted molar refractivity (Wildman–Crippen MR) is 83.3 cm³/mol. The molecular weight excluding hydrogens is 292 g/mol. The molecule has 1 aliphatic heterocycles. The monoisotopic (exact) mass is 318 g/mol. The van der Waals surface area contributed by atoms with Gasteiger partial charge in [-0.05, 0) is 12.2 Å². The maximum atomic E-state index is 11.3. The van der Waals surface area contributed by atoms with Gasteiger partial charge >= 0.3 is 5.97 Å². The Hall–Kier alpha value is -0.880. The molecular formula is C15H26O5S. The highest BCUT2D eigenvalue weighted by Crippen LogP contribution is 2.25. The van der Waals surface area contributed by atoms with E-state index in [4.69, 9.17) is 9.47 Å². The molecule has 2 unspecified atom stereocenters. The van der Waals surface area contributed by atoms with E-state index in [-0.39, 0.29) is 11.5 Å². The van der Waals surface area contributed by atoms with E-state index < -0.39 is 18.2 Å². The first-order valence-electron chi connectivity index (χ1n) is 7.55. The molecule has 2 atom stereocenters. The van der Waals surface area contributed by atoms with Gasteiger partial charge in [-0.3, -0.25) is 0 Å². The van der Waals surface area contributed by atoms with Crippen LogP contribution in [0.5, 0.6) is 0 Å². The number of methoxy groups -OCH3 is 1. The van der Waals surface area contributed by atoms with Crippen LogP contribution in [-0.4, -0.2) is 47.0 Å². The van der Waals surface area contributed by atoms with Crippen LogP contribution in [0.15, 0.2) is 11.5 Å². The summed E-state index contributed by atoms with van der Waals surface area (Å²) in [5.41, 5.74) is 0. The molecule has 0 spiro atoms. The fraction of sp³-hybridized carbons (Fsp3) is 0.800. The molecule has 6 heteroatoms. The average molecular weight is 318 g/mol. The van der Waals surface area contributed by atoms with E-state index in [0.29, 0.717) is 5.75 Å². The topological polar surface area (TPSA) is 76.0 Å². The van der Waals surface area contributed by atoms with Crippen molar-refractivity contribution in [2.24, 2.45) is 0 Å². The van der Waals surface area contributed by atoms with Gasteiger partial charge in [-0.25, -0.2) is 4.79 Å². The number of hydrogen-bond donors (Lipinski definition) is 2. The zero-order valence-electron chi connectivity index (χ0n) is 12.8. The van der Waals surface area contributed by atoms with Gasteiger partial charge in [-0.2, -0.15) is 11.8 Å². The second-order valence-corrected chi connectivity index (χ2v) is 6.30. The second-order valence-electron chi connectivity index (χ2n) is 5.15. The largest absolute Gasteiger partial charge is 0.505 e. The minimum atomic E-state index is -0.996. The number of carbonyl (C=O) groups excluding carboxylic acids is 1. The number of hydrogen-bond acceptors (Lipinski definition) is 6. The number of rotatable bonds is 11. The van der Waals surface area contributed by atoms with Gasteiger partial charge in [-0.15, -0.1) is 0 Å². The van der Waals surface area contributed by atoms with Crippen LogP contribution in [-0.2, 0) is 14.3 Å². The second kappa shape index (κ2) is 9.95. The van der Waals surface area contributed by atoms with Gasteiger partial charge in [0.2, 0.25) is 5.76 Å². The Balaban J connectivity index is 2.16. The first-order chi connectivity index (χ1) is 10.1. The number of unbranched alkanes of at least 4 members (excludes halogenated alkanes) is 5. The van der Waals surface area contributed by atoms with E-state index in [1.165, 1.54) is 39.2 Å². The molecule has 1 rings (SSSR count). The first kappa shape index (κ1) is 18.2. The SMILES string of the molecule is CCCCCCCCSCC(O)C1OC(=O)C(OC)=C1O. The Kier molecular flexibility index (Phi) is 8.61. The maximum absolute atomic E-state index is 11.3. The standard InChI is InChI=1S/C15H26O5S/c1-3-4-5-6-7-8-9-21-10-11(16)13-12(17)14(19-2)15(18)20-13/h11,13,16-17H,3-10H2,1-2H3. The summed E-state index contributed by atoms with van der Waals surface area (Å²) in [6.45, 7) is 2.20. The van der Waals surface area contributed by atoms with E-state index in [2.05, 4.69) is 6.92 Å². The Morgan fingerprint density at radius 1 is 1.29 bits per heavy atom. The van der Waals surface area contributed by atoms with Gasteiger partial charge in [0.15, 0.2) is 11.9 Å². The van der Waals surface area contributed by atoms with Gasteiger partial charge in [0.05, 0.1) is 7.11 Å². The Bertz CT molecular complexity index is 356. The highest BCUT2D eigenvalue weighted by molar-refractivity contribution is 7.99. The van der Waals surface area contributed by atoms with E-state index in [9.17, 15) is 15.0 Å². The van der Waals surface area contributed by atoms with Crippen molar-refractivity contribution in [3.05, 3.63) is 11.5 Å². The average Bonchev–Trinajstić information content (AvgIpc) is 2.76. The minimum Gasteiger partial charge on any atom is -0.505 e. The summed E-state index contributed by atoms with van der Waals surface area (Å²) >= 11 is 1.61. The lowest BCUT2D eigenvalue weighted by molar-refractivity contribution is -0.146. The number of esters is 1. The van der Waals surface area contributed by atoms with Gasteiger partial charge in [0.25, 0.3) is 0 Å². The third-order valence-corrected chi connectivity index (χ3v) is 4.56. The van der Waals surface area contributed by atoms with Crippen molar-refractivity contribution in [2.45, 2.75) is 57.7 Å². The van der Waals surface area contributed by atoms with Crippen LogP contribution in [0.2, 0.25) is 0 Å². The molecule has 0 aromatic carbocycles. The summed E-state index contributed by atoms with van der Waals surface area (Å²) in [5.74, 6) is 0.148. The molecule has 5 nitrogen and oxygen atoms in total. The van der Waals surface area contributed by atoms with Crippen molar-refractivity contribution in [2.75, 3.05) is 18.6 Å². The molecule has 0 saturated carbocycles. The smallest absolute Gasteiger partial charge is 0.378 e. The first-order valence-corrected chi connectivity index (χ1v) is 8.71. The van der Waals surface area contributed by atoms with Crippen LogP contribution < -0.4 is 0 Å². The van der Waals surface area contributed by atoms with Crippen LogP contribution in [0.3, 0.4) is 0 Å². The highest BCUT2D eigenvalue weighted by atomic mass is 32.2. The van der Waals surface area contributed by atoms with Gasteiger partial charge < -0.3 is 19.7 Å². The molecule has 1 aliphatic rings. The summed E-state index contributed by atoms with van der Waals surface area (Å²) < 4.78 is 9.65. The maximum Gasteiger partial charge on any atom is 0.378 e. The summed E-state index contributed by atoms with van der Waals surface area (Å²) in [7, 11) is 1.29. The number of cyclic esters (lactones) is 1. The fourth-order valence-corrected chi connectivity index (χ4v) is 3.17. The lowest BCUT2D eigenvalue weighted by atomic mass is 10.1. The molecule has 122 valence electrons. The van der Waals surface area contributed by atoms with Crippen molar-refractivity contribution in [1.29, 1.82) is 0 Å².